The van der Waals surface area contributed by atoms with E-state index in [1.165, 1.54) is 4.90 Å². The average molecular weight is 668 g/mol. The minimum absolute atomic E-state index is 0.0506. The molecule has 42 heavy (non-hydrogen) atoms. The Balaban J connectivity index is 1.48. The SMILES string of the molecule is Cc1ncsc1-c1ccc(CNC(=O)C2CC(O)CN2C(=O)[C@@H](NC(=O)C2(F)CC2)C(C)(C)C)c(OCCCCBr)c1. The third kappa shape index (κ3) is 7.68. The number of unbranched alkanes of at least 4 members (excludes halogenated alkanes) is 1. The molecule has 1 aliphatic carbocycles. The number of likely N-dealkylation sites (tertiary alicyclic amines) is 1. The molecule has 9 nitrogen and oxygen atoms in total. The molecule has 3 atom stereocenters. The van der Waals surface area contributed by atoms with Gasteiger partial charge in [0.2, 0.25) is 11.8 Å². The van der Waals surface area contributed by atoms with Crippen LogP contribution in [-0.2, 0) is 20.9 Å². The predicted molar refractivity (Wildman–Crippen MR) is 163 cm³/mol. The van der Waals surface area contributed by atoms with Crippen molar-refractivity contribution < 1.29 is 28.6 Å². The number of carbonyl (C=O) groups excluding carboxylic acids is 3. The molecule has 230 valence electrons. The number of hydrogen-bond donors (Lipinski definition) is 3. The van der Waals surface area contributed by atoms with Crippen LogP contribution in [0.1, 0.15) is 64.1 Å². The molecule has 12 heteroatoms. The summed E-state index contributed by atoms with van der Waals surface area (Å²) in [5.41, 5.74) is 1.81. The molecule has 1 aliphatic heterocycles. The second-order valence-corrected chi connectivity index (χ2v) is 13.8. The first-order valence-corrected chi connectivity index (χ1v) is 16.3. The van der Waals surface area contributed by atoms with Crippen molar-refractivity contribution in [2.75, 3.05) is 18.5 Å². The van der Waals surface area contributed by atoms with Crippen molar-refractivity contribution in [1.82, 2.24) is 20.5 Å². The molecule has 1 aromatic carbocycles. The topological polar surface area (TPSA) is 121 Å². The summed E-state index contributed by atoms with van der Waals surface area (Å²) in [5.74, 6) is -1.09. The Morgan fingerprint density at radius 1 is 1.29 bits per heavy atom. The Bertz CT molecular complexity index is 1290. The highest BCUT2D eigenvalue weighted by Crippen LogP contribution is 2.40. The van der Waals surface area contributed by atoms with Crippen LogP contribution in [0.3, 0.4) is 0 Å². The third-order valence-electron chi connectivity index (χ3n) is 7.66. The number of aliphatic hydroxyl groups is 1. The Hall–Kier alpha value is -2.57. The van der Waals surface area contributed by atoms with Crippen LogP contribution in [0.2, 0.25) is 0 Å². The van der Waals surface area contributed by atoms with Crippen LogP contribution >= 0.6 is 27.3 Å². The molecule has 2 aliphatic rings. The number of aryl methyl sites for hydroxylation is 1. The minimum Gasteiger partial charge on any atom is -0.493 e. The van der Waals surface area contributed by atoms with Gasteiger partial charge in [-0.1, -0.05) is 48.8 Å². The molecule has 3 N–H and O–H groups in total. The largest absolute Gasteiger partial charge is 0.493 e. The smallest absolute Gasteiger partial charge is 0.258 e. The van der Waals surface area contributed by atoms with Gasteiger partial charge < -0.3 is 25.4 Å². The molecule has 2 aromatic rings. The number of nitrogens with one attached hydrogen (secondary N) is 2. The Kier molecular flexibility index (Phi) is 10.3. The van der Waals surface area contributed by atoms with E-state index in [-0.39, 0.29) is 32.4 Å². The number of amides is 3. The zero-order valence-corrected chi connectivity index (χ0v) is 26.9. The van der Waals surface area contributed by atoms with E-state index in [0.717, 1.165) is 39.9 Å². The van der Waals surface area contributed by atoms with Crippen molar-refractivity contribution in [1.29, 1.82) is 0 Å². The number of thiazole rings is 1. The van der Waals surface area contributed by atoms with Gasteiger partial charge in [-0.15, -0.1) is 11.3 Å². The molecule has 4 rings (SSSR count). The number of ether oxygens (including phenoxy) is 1. The van der Waals surface area contributed by atoms with Gasteiger partial charge in [0.15, 0.2) is 5.67 Å². The van der Waals surface area contributed by atoms with E-state index in [1.807, 2.05) is 25.1 Å². The number of carbonyl (C=O) groups is 3. The number of rotatable bonds is 12. The molecule has 1 saturated heterocycles. The average Bonchev–Trinajstić information content (AvgIpc) is 3.35. The van der Waals surface area contributed by atoms with Crippen LogP contribution in [0.25, 0.3) is 10.4 Å². The highest BCUT2D eigenvalue weighted by Gasteiger charge is 2.53. The fourth-order valence-electron chi connectivity index (χ4n) is 4.95. The van der Waals surface area contributed by atoms with Gasteiger partial charge in [-0.25, -0.2) is 9.37 Å². The van der Waals surface area contributed by atoms with Gasteiger partial charge in [-0.3, -0.25) is 14.4 Å². The van der Waals surface area contributed by atoms with E-state index in [4.69, 9.17) is 4.74 Å². The molecule has 0 radical (unpaired) electrons. The summed E-state index contributed by atoms with van der Waals surface area (Å²) >= 11 is 4.99. The summed E-state index contributed by atoms with van der Waals surface area (Å²) in [6, 6.07) is 3.85. The Morgan fingerprint density at radius 3 is 2.64 bits per heavy atom. The fourth-order valence-corrected chi connectivity index (χ4v) is 6.15. The van der Waals surface area contributed by atoms with Crippen molar-refractivity contribution in [2.45, 2.75) is 90.2 Å². The molecule has 3 amide bonds. The number of halogens is 2. The summed E-state index contributed by atoms with van der Waals surface area (Å²) in [6.45, 7) is 7.90. The summed E-state index contributed by atoms with van der Waals surface area (Å²) in [5, 5.41) is 16.8. The Labute approximate surface area is 258 Å². The molecule has 0 bridgehead atoms. The lowest BCUT2D eigenvalue weighted by atomic mass is 9.85. The van der Waals surface area contributed by atoms with Gasteiger partial charge in [0.05, 0.1) is 28.8 Å². The lowest BCUT2D eigenvalue weighted by Gasteiger charge is -2.35. The molecule has 2 unspecified atom stereocenters. The van der Waals surface area contributed by atoms with Gasteiger partial charge in [0.1, 0.15) is 17.8 Å². The standard InChI is InChI=1S/C30H40BrFN4O5S/c1-18-24(42-17-34-18)19-7-8-20(23(13-19)41-12-6-5-11-31)15-33-26(38)22-14-21(37)16-36(22)27(39)25(29(2,3)4)35-28(40)30(32)9-10-30/h7-8,13,17,21-22,25,37H,5-6,9-12,14-16H2,1-4H3,(H,33,38)(H,35,40)/t21?,22?,25-/m1/s1. The van der Waals surface area contributed by atoms with E-state index in [2.05, 4.69) is 31.5 Å². The first-order valence-electron chi connectivity index (χ1n) is 14.3. The van der Waals surface area contributed by atoms with Crippen molar-refractivity contribution in [2.24, 2.45) is 5.41 Å². The number of nitrogens with zero attached hydrogens (tertiary/aromatic N) is 2. The van der Waals surface area contributed by atoms with E-state index >= 15 is 0 Å². The molecule has 1 saturated carbocycles. The summed E-state index contributed by atoms with van der Waals surface area (Å²) < 4.78 is 20.6. The van der Waals surface area contributed by atoms with Crippen molar-refractivity contribution >= 4 is 45.0 Å². The lowest BCUT2D eigenvalue weighted by molar-refractivity contribution is -0.145. The normalized spacial score (nSPS) is 20.2. The number of β-amino-alcohol motifs (C(OH)–C–C–N with tert-alkyl or cyclic N) is 1. The zero-order valence-electron chi connectivity index (χ0n) is 24.5. The highest BCUT2D eigenvalue weighted by atomic mass is 79.9. The summed E-state index contributed by atoms with van der Waals surface area (Å²) in [6.07, 6.45) is 1.26. The van der Waals surface area contributed by atoms with Crippen molar-refractivity contribution in [3.63, 3.8) is 0 Å². The van der Waals surface area contributed by atoms with Crippen LogP contribution in [0.15, 0.2) is 23.7 Å². The lowest BCUT2D eigenvalue weighted by Crippen LogP contribution is -2.59. The maximum absolute atomic E-state index is 14.4. The molecule has 2 heterocycles. The number of aromatic nitrogens is 1. The Morgan fingerprint density at radius 2 is 2.02 bits per heavy atom. The van der Waals surface area contributed by atoms with Crippen LogP contribution in [-0.4, -0.2) is 75.1 Å². The van der Waals surface area contributed by atoms with Crippen molar-refractivity contribution in [3.05, 3.63) is 35.0 Å². The molecular formula is C30H40BrFN4O5S. The molecular weight excluding hydrogens is 627 g/mol. The summed E-state index contributed by atoms with van der Waals surface area (Å²) in [7, 11) is 0. The maximum Gasteiger partial charge on any atom is 0.258 e. The first-order chi connectivity index (χ1) is 19.8. The number of hydrogen-bond acceptors (Lipinski definition) is 7. The fraction of sp³-hybridized carbons (Fsp3) is 0.600. The van der Waals surface area contributed by atoms with E-state index in [1.54, 1.807) is 37.6 Å². The van der Waals surface area contributed by atoms with Gasteiger partial charge in [0.25, 0.3) is 5.91 Å². The highest BCUT2D eigenvalue weighted by molar-refractivity contribution is 9.09. The molecule has 1 aromatic heterocycles. The number of aliphatic hydroxyl groups excluding tert-OH is 1. The van der Waals surface area contributed by atoms with Crippen molar-refractivity contribution in [3.8, 4) is 16.2 Å². The minimum atomic E-state index is -1.94. The van der Waals surface area contributed by atoms with E-state index in [9.17, 15) is 23.9 Å². The third-order valence-corrected chi connectivity index (χ3v) is 9.20. The van der Waals surface area contributed by atoms with E-state index < -0.39 is 47.0 Å². The van der Waals surface area contributed by atoms with E-state index in [0.29, 0.717) is 12.4 Å². The molecule has 2 fully saturated rings. The van der Waals surface area contributed by atoms with Crippen LogP contribution in [0.4, 0.5) is 4.39 Å². The van der Waals surface area contributed by atoms with Crippen LogP contribution < -0.4 is 15.4 Å². The second-order valence-electron chi connectivity index (χ2n) is 12.2. The number of alkyl halides is 2. The van der Waals surface area contributed by atoms with Gasteiger partial charge in [-0.05, 0) is 49.7 Å². The van der Waals surface area contributed by atoms with Crippen LogP contribution in [0.5, 0.6) is 5.75 Å². The van der Waals surface area contributed by atoms with Crippen LogP contribution in [0, 0.1) is 12.3 Å². The maximum atomic E-state index is 14.4. The monoisotopic (exact) mass is 666 g/mol. The zero-order chi connectivity index (χ0) is 30.7. The quantitative estimate of drug-likeness (QED) is 0.230. The first kappa shape index (κ1) is 32.3. The second kappa shape index (κ2) is 13.4. The predicted octanol–water partition coefficient (Wildman–Crippen LogP) is 4.28. The molecule has 0 spiro atoms. The van der Waals surface area contributed by atoms with Gasteiger partial charge in [-0.2, -0.15) is 0 Å². The van der Waals surface area contributed by atoms with Gasteiger partial charge in [0, 0.05) is 30.4 Å². The number of benzene rings is 1. The summed E-state index contributed by atoms with van der Waals surface area (Å²) in [4.78, 5) is 46.3. The van der Waals surface area contributed by atoms with Gasteiger partial charge >= 0.3 is 0 Å².